The molecule has 1 saturated carbocycles. The first-order chi connectivity index (χ1) is 8.74. The molecule has 6 heteroatoms. The van der Waals surface area contributed by atoms with E-state index in [-0.39, 0.29) is 11.5 Å². The lowest BCUT2D eigenvalue weighted by Crippen LogP contribution is -2.15. The van der Waals surface area contributed by atoms with Crippen LogP contribution in [0.3, 0.4) is 0 Å². The van der Waals surface area contributed by atoms with Gasteiger partial charge >= 0.3 is 0 Å². The van der Waals surface area contributed by atoms with Crippen LogP contribution in [0.1, 0.15) is 18.7 Å². The van der Waals surface area contributed by atoms with Crippen LogP contribution < -0.4 is 5.32 Å². The maximum atomic E-state index is 13.5. The molecule has 0 atom stereocenters. The smallest absolute Gasteiger partial charge is 0.253 e. The predicted octanol–water partition coefficient (Wildman–Crippen LogP) is 2.27. The van der Waals surface area contributed by atoms with Gasteiger partial charge in [0, 0.05) is 6.04 Å². The van der Waals surface area contributed by atoms with E-state index in [2.05, 4.69) is 15.5 Å². The van der Waals surface area contributed by atoms with E-state index < -0.39 is 11.6 Å². The molecule has 0 radical (unpaired) electrons. The summed E-state index contributed by atoms with van der Waals surface area (Å²) in [5, 5.41) is 10.6. The summed E-state index contributed by atoms with van der Waals surface area (Å²) in [5.74, 6) is -1.21. The molecule has 1 heterocycles. The summed E-state index contributed by atoms with van der Waals surface area (Å²) in [6.07, 6.45) is 2.28. The van der Waals surface area contributed by atoms with Crippen LogP contribution in [0.5, 0.6) is 0 Å². The molecule has 1 aromatic carbocycles. The van der Waals surface area contributed by atoms with Gasteiger partial charge in [0.25, 0.3) is 5.89 Å². The lowest BCUT2D eigenvalue weighted by Gasteiger charge is -1.99. The van der Waals surface area contributed by atoms with Crippen LogP contribution in [-0.4, -0.2) is 16.2 Å². The minimum atomic E-state index is -0.708. The topological polar surface area (TPSA) is 51.0 Å². The minimum absolute atomic E-state index is 0.127. The van der Waals surface area contributed by atoms with Gasteiger partial charge in [-0.05, 0) is 25.0 Å². The lowest BCUT2D eigenvalue weighted by atomic mass is 10.2. The van der Waals surface area contributed by atoms with Crippen molar-refractivity contribution in [2.45, 2.75) is 25.4 Å². The number of hydrogen-bond acceptors (Lipinski definition) is 4. The number of aromatic nitrogens is 2. The van der Waals surface area contributed by atoms with E-state index in [0.29, 0.717) is 18.5 Å². The number of halogens is 2. The molecule has 0 unspecified atom stereocenters. The van der Waals surface area contributed by atoms with Gasteiger partial charge in [-0.25, -0.2) is 8.78 Å². The highest BCUT2D eigenvalue weighted by molar-refractivity contribution is 5.54. The molecule has 1 N–H and O–H groups in total. The second-order valence-corrected chi connectivity index (χ2v) is 4.25. The summed E-state index contributed by atoms with van der Waals surface area (Å²) in [5.41, 5.74) is -0.275. The maximum absolute atomic E-state index is 13.5. The summed E-state index contributed by atoms with van der Waals surface area (Å²) < 4.78 is 32.2. The number of hydrogen-bond donors (Lipinski definition) is 1. The Hall–Kier alpha value is -1.82. The van der Waals surface area contributed by atoms with Gasteiger partial charge in [-0.1, -0.05) is 6.07 Å². The average molecular weight is 251 g/mol. The molecule has 4 nitrogen and oxygen atoms in total. The van der Waals surface area contributed by atoms with E-state index in [9.17, 15) is 8.78 Å². The molecule has 0 bridgehead atoms. The first kappa shape index (κ1) is 11.3. The summed E-state index contributed by atoms with van der Waals surface area (Å²) in [6.45, 7) is 0.424. The van der Waals surface area contributed by atoms with Crippen molar-refractivity contribution in [1.82, 2.24) is 15.5 Å². The molecule has 2 aromatic rings. The van der Waals surface area contributed by atoms with Crippen molar-refractivity contribution in [2.24, 2.45) is 0 Å². The van der Waals surface area contributed by atoms with Gasteiger partial charge in [0.15, 0.2) is 0 Å². The van der Waals surface area contributed by atoms with Crippen molar-refractivity contribution in [3.8, 4) is 11.5 Å². The third-order valence-electron chi connectivity index (χ3n) is 2.76. The Morgan fingerprint density at radius 3 is 2.61 bits per heavy atom. The standard InChI is InChI=1S/C12H11F2N3O/c13-8-2-1-3-9(14)11(8)12-17-16-10(18-12)6-15-7-4-5-7/h1-3,7,15H,4-6H2. The largest absolute Gasteiger partial charge is 0.419 e. The van der Waals surface area contributed by atoms with Gasteiger partial charge in [-0.2, -0.15) is 0 Å². The third-order valence-corrected chi connectivity index (χ3v) is 2.76. The van der Waals surface area contributed by atoms with Crippen LogP contribution in [-0.2, 0) is 6.54 Å². The molecule has 18 heavy (non-hydrogen) atoms. The second kappa shape index (κ2) is 4.45. The zero-order valence-corrected chi connectivity index (χ0v) is 9.49. The lowest BCUT2D eigenvalue weighted by molar-refractivity contribution is 0.470. The Balaban J connectivity index is 1.83. The fourth-order valence-corrected chi connectivity index (χ4v) is 1.65. The zero-order valence-electron chi connectivity index (χ0n) is 9.49. The third kappa shape index (κ3) is 2.24. The Labute approximate surface area is 102 Å². The van der Waals surface area contributed by atoms with Crippen molar-refractivity contribution in [3.63, 3.8) is 0 Å². The summed E-state index contributed by atoms with van der Waals surface area (Å²) >= 11 is 0. The van der Waals surface area contributed by atoms with Gasteiger partial charge in [0.05, 0.1) is 6.54 Å². The Kier molecular flexibility index (Phi) is 2.79. The molecule has 94 valence electrons. The Bertz CT molecular complexity index is 546. The van der Waals surface area contributed by atoms with Crippen LogP contribution in [0.4, 0.5) is 8.78 Å². The van der Waals surface area contributed by atoms with Crippen LogP contribution in [0, 0.1) is 11.6 Å². The molecule has 0 aliphatic heterocycles. The first-order valence-corrected chi connectivity index (χ1v) is 5.74. The van der Waals surface area contributed by atoms with Crippen molar-refractivity contribution < 1.29 is 13.2 Å². The molecule has 3 rings (SSSR count). The van der Waals surface area contributed by atoms with Crippen molar-refractivity contribution in [1.29, 1.82) is 0 Å². The maximum Gasteiger partial charge on any atom is 0.253 e. The number of rotatable bonds is 4. The van der Waals surface area contributed by atoms with Crippen LogP contribution in [0.25, 0.3) is 11.5 Å². The molecule has 1 aromatic heterocycles. The van der Waals surface area contributed by atoms with Gasteiger partial charge < -0.3 is 9.73 Å². The van der Waals surface area contributed by atoms with E-state index in [1.54, 1.807) is 0 Å². The number of benzene rings is 1. The molecular formula is C12H11F2N3O. The molecule has 1 aliphatic rings. The van der Waals surface area contributed by atoms with Crippen LogP contribution >= 0.6 is 0 Å². The average Bonchev–Trinajstić information content (AvgIpc) is 3.06. The number of nitrogens with one attached hydrogen (secondary N) is 1. The molecule has 0 amide bonds. The van der Waals surface area contributed by atoms with Crippen LogP contribution in [0.2, 0.25) is 0 Å². The highest BCUT2D eigenvalue weighted by Crippen LogP contribution is 2.25. The quantitative estimate of drug-likeness (QED) is 0.905. The van der Waals surface area contributed by atoms with E-state index in [1.165, 1.54) is 6.07 Å². The second-order valence-electron chi connectivity index (χ2n) is 4.25. The summed E-state index contributed by atoms with van der Waals surface area (Å²) in [6, 6.07) is 4.11. The Morgan fingerprint density at radius 2 is 1.94 bits per heavy atom. The zero-order chi connectivity index (χ0) is 12.5. The van der Waals surface area contributed by atoms with E-state index in [4.69, 9.17) is 4.42 Å². The fraction of sp³-hybridized carbons (Fsp3) is 0.333. The normalized spacial score (nSPS) is 15.0. The fourth-order valence-electron chi connectivity index (χ4n) is 1.65. The van der Waals surface area contributed by atoms with Gasteiger partial charge in [0.1, 0.15) is 17.2 Å². The van der Waals surface area contributed by atoms with Gasteiger partial charge in [0.2, 0.25) is 5.89 Å². The molecule has 0 spiro atoms. The van der Waals surface area contributed by atoms with Crippen molar-refractivity contribution >= 4 is 0 Å². The van der Waals surface area contributed by atoms with Crippen molar-refractivity contribution in [3.05, 3.63) is 35.7 Å². The molecule has 1 fully saturated rings. The van der Waals surface area contributed by atoms with E-state index in [0.717, 1.165) is 25.0 Å². The van der Waals surface area contributed by atoms with E-state index >= 15 is 0 Å². The van der Waals surface area contributed by atoms with E-state index in [1.807, 2.05) is 0 Å². The van der Waals surface area contributed by atoms with Gasteiger partial charge in [-0.3, -0.25) is 0 Å². The summed E-state index contributed by atoms with van der Waals surface area (Å²) in [4.78, 5) is 0. The highest BCUT2D eigenvalue weighted by atomic mass is 19.1. The highest BCUT2D eigenvalue weighted by Gasteiger charge is 2.22. The summed E-state index contributed by atoms with van der Waals surface area (Å²) in [7, 11) is 0. The van der Waals surface area contributed by atoms with Crippen molar-refractivity contribution in [2.75, 3.05) is 0 Å². The SMILES string of the molecule is Fc1cccc(F)c1-c1nnc(CNC2CC2)o1. The van der Waals surface area contributed by atoms with Crippen LogP contribution in [0.15, 0.2) is 22.6 Å². The molecular weight excluding hydrogens is 240 g/mol. The molecule has 1 aliphatic carbocycles. The minimum Gasteiger partial charge on any atom is -0.419 e. The predicted molar refractivity (Wildman–Crippen MR) is 59.5 cm³/mol. The first-order valence-electron chi connectivity index (χ1n) is 5.74. The van der Waals surface area contributed by atoms with Gasteiger partial charge in [-0.15, -0.1) is 10.2 Å². The Morgan fingerprint density at radius 1 is 1.22 bits per heavy atom. The number of nitrogens with zero attached hydrogens (tertiary/aromatic N) is 2. The molecule has 0 saturated heterocycles. The monoisotopic (exact) mass is 251 g/mol.